The van der Waals surface area contributed by atoms with Crippen molar-refractivity contribution in [1.29, 1.82) is 0 Å². The Morgan fingerprint density at radius 1 is 1.25 bits per heavy atom. The summed E-state index contributed by atoms with van der Waals surface area (Å²) < 4.78 is 1.19. The molecule has 1 rings (SSSR count). The number of hydrogen-bond acceptors (Lipinski definition) is 1. The van der Waals surface area contributed by atoms with Crippen LogP contribution < -0.4 is 0 Å². The number of allylic oxidation sites excluding steroid dienone is 2. The van der Waals surface area contributed by atoms with Gasteiger partial charge in [-0.25, -0.2) is 0 Å². The molecule has 0 aliphatic rings. The first-order valence-corrected chi connectivity index (χ1v) is 6.56. The van der Waals surface area contributed by atoms with Gasteiger partial charge in [0.1, 0.15) is 0 Å². The minimum Gasteiger partial charge on any atom is -0.393 e. The standard InChI is InChI=1S/C14H19BrO/c1-12(16)8-4-2-3-5-9-13-10-6-7-11-14(13)15/h2-3,6-7,10-12,16H,4-5,8-9H2,1H3/b3-2+. The third kappa shape index (κ3) is 5.47. The Kier molecular flexibility index (Phi) is 6.43. The number of aliphatic hydroxyl groups is 1. The van der Waals surface area contributed by atoms with Crippen molar-refractivity contribution >= 4 is 15.9 Å². The molecule has 0 aliphatic carbocycles. The molecular formula is C14H19BrO. The molecule has 1 atom stereocenters. The molecule has 0 amide bonds. The maximum absolute atomic E-state index is 9.08. The van der Waals surface area contributed by atoms with Gasteiger partial charge in [-0.1, -0.05) is 46.3 Å². The maximum atomic E-state index is 9.08. The lowest BCUT2D eigenvalue weighted by atomic mass is 10.1. The minimum atomic E-state index is -0.187. The van der Waals surface area contributed by atoms with Crippen LogP contribution in [0, 0.1) is 0 Å². The Balaban J connectivity index is 2.23. The molecule has 1 unspecified atom stereocenters. The zero-order chi connectivity index (χ0) is 11.8. The Bertz CT molecular complexity index is 331. The third-order valence-electron chi connectivity index (χ3n) is 2.46. The van der Waals surface area contributed by atoms with Crippen LogP contribution in [0.25, 0.3) is 0 Å². The highest BCUT2D eigenvalue weighted by Crippen LogP contribution is 2.17. The number of benzene rings is 1. The van der Waals surface area contributed by atoms with E-state index in [0.29, 0.717) is 0 Å². The molecule has 1 nitrogen and oxygen atoms in total. The molecule has 1 aromatic carbocycles. The Morgan fingerprint density at radius 2 is 1.94 bits per heavy atom. The fourth-order valence-corrected chi connectivity index (χ4v) is 2.00. The van der Waals surface area contributed by atoms with Crippen molar-refractivity contribution in [2.75, 3.05) is 0 Å². The van der Waals surface area contributed by atoms with Crippen molar-refractivity contribution in [2.45, 2.75) is 38.7 Å². The predicted octanol–water partition coefficient (Wildman–Crippen LogP) is 4.10. The van der Waals surface area contributed by atoms with Gasteiger partial charge in [-0.15, -0.1) is 0 Å². The highest BCUT2D eigenvalue weighted by atomic mass is 79.9. The van der Waals surface area contributed by atoms with Gasteiger partial charge in [0.25, 0.3) is 0 Å². The van der Waals surface area contributed by atoms with E-state index in [9.17, 15) is 0 Å². The lowest BCUT2D eigenvalue weighted by Gasteiger charge is -2.01. The van der Waals surface area contributed by atoms with E-state index in [1.165, 1.54) is 10.0 Å². The van der Waals surface area contributed by atoms with Crippen molar-refractivity contribution in [3.8, 4) is 0 Å². The predicted molar refractivity (Wildman–Crippen MR) is 72.5 cm³/mol. The summed E-state index contributed by atoms with van der Waals surface area (Å²) in [5.41, 5.74) is 1.35. The highest BCUT2D eigenvalue weighted by Gasteiger charge is 1.96. The number of rotatable bonds is 6. The zero-order valence-electron chi connectivity index (χ0n) is 9.70. The van der Waals surface area contributed by atoms with Crippen LogP contribution >= 0.6 is 15.9 Å². The van der Waals surface area contributed by atoms with Crippen molar-refractivity contribution < 1.29 is 5.11 Å². The molecule has 2 heteroatoms. The third-order valence-corrected chi connectivity index (χ3v) is 3.23. The molecule has 88 valence electrons. The summed E-state index contributed by atoms with van der Waals surface area (Å²) in [6, 6.07) is 8.32. The fraction of sp³-hybridized carbons (Fsp3) is 0.429. The lowest BCUT2D eigenvalue weighted by Crippen LogP contribution is -1.96. The summed E-state index contributed by atoms with van der Waals surface area (Å²) in [7, 11) is 0. The number of halogens is 1. The van der Waals surface area contributed by atoms with Gasteiger partial charge in [0.05, 0.1) is 6.10 Å². The first-order valence-electron chi connectivity index (χ1n) is 5.76. The van der Waals surface area contributed by atoms with Gasteiger partial charge in [-0.3, -0.25) is 0 Å². The van der Waals surface area contributed by atoms with E-state index in [4.69, 9.17) is 5.11 Å². The quantitative estimate of drug-likeness (QED) is 0.779. The van der Waals surface area contributed by atoms with Gasteiger partial charge >= 0.3 is 0 Å². The van der Waals surface area contributed by atoms with Gasteiger partial charge < -0.3 is 5.11 Å². The molecule has 0 saturated carbocycles. The van der Waals surface area contributed by atoms with Crippen molar-refractivity contribution in [1.82, 2.24) is 0 Å². The van der Waals surface area contributed by atoms with Gasteiger partial charge in [0.15, 0.2) is 0 Å². The second kappa shape index (κ2) is 7.64. The van der Waals surface area contributed by atoms with Crippen LogP contribution in [0.5, 0.6) is 0 Å². The average Bonchev–Trinajstić information content (AvgIpc) is 2.25. The Labute approximate surface area is 106 Å². The maximum Gasteiger partial charge on any atom is 0.0515 e. The summed E-state index contributed by atoms with van der Waals surface area (Å²) in [5.74, 6) is 0. The van der Waals surface area contributed by atoms with Crippen LogP contribution in [0.2, 0.25) is 0 Å². The summed E-state index contributed by atoms with van der Waals surface area (Å²) >= 11 is 3.54. The molecule has 0 radical (unpaired) electrons. The van der Waals surface area contributed by atoms with Gasteiger partial charge in [0.2, 0.25) is 0 Å². The van der Waals surface area contributed by atoms with Gasteiger partial charge in [-0.05, 0) is 44.2 Å². The monoisotopic (exact) mass is 282 g/mol. The van der Waals surface area contributed by atoms with E-state index in [1.807, 2.05) is 13.0 Å². The van der Waals surface area contributed by atoms with Crippen LogP contribution in [0.3, 0.4) is 0 Å². The fourth-order valence-electron chi connectivity index (χ4n) is 1.51. The molecule has 16 heavy (non-hydrogen) atoms. The smallest absolute Gasteiger partial charge is 0.0515 e. The number of aliphatic hydroxyl groups excluding tert-OH is 1. The van der Waals surface area contributed by atoms with E-state index in [1.54, 1.807) is 0 Å². The summed E-state index contributed by atoms with van der Waals surface area (Å²) in [5, 5.41) is 9.08. The van der Waals surface area contributed by atoms with E-state index in [0.717, 1.165) is 25.7 Å². The van der Waals surface area contributed by atoms with Crippen LogP contribution in [0.1, 0.15) is 31.7 Å². The summed E-state index contributed by atoms with van der Waals surface area (Å²) in [6.45, 7) is 1.83. The van der Waals surface area contributed by atoms with Gasteiger partial charge in [-0.2, -0.15) is 0 Å². The lowest BCUT2D eigenvalue weighted by molar-refractivity contribution is 0.186. The summed E-state index contributed by atoms with van der Waals surface area (Å²) in [4.78, 5) is 0. The van der Waals surface area contributed by atoms with Crippen LogP contribution in [0.4, 0.5) is 0 Å². The molecule has 0 aliphatic heterocycles. The molecule has 0 spiro atoms. The Hall–Kier alpha value is -0.600. The molecule has 0 heterocycles. The van der Waals surface area contributed by atoms with E-state index >= 15 is 0 Å². The van der Waals surface area contributed by atoms with Crippen LogP contribution in [-0.2, 0) is 6.42 Å². The average molecular weight is 283 g/mol. The Morgan fingerprint density at radius 3 is 2.62 bits per heavy atom. The first-order chi connectivity index (χ1) is 7.70. The largest absolute Gasteiger partial charge is 0.393 e. The molecule has 0 aromatic heterocycles. The number of aryl methyl sites for hydroxylation is 1. The summed E-state index contributed by atoms with van der Waals surface area (Å²) in [6.07, 6.45) is 8.10. The van der Waals surface area contributed by atoms with Crippen LogP contribution in [-0.4, -0.2) is 11.2 Å². The molecule has 1 N–H and O–H groups in total. The second-order valence-corrected chi connectivity index (χ2v) is 4.88. The van der Waals surface area contributed by atoms with Crippen molar-refractivity contribution in [3.63, 3.8) is 0 Å². The SMILES string of the molecule is CC(O)CC/C=C/CCc1ccccc1Br. The molecule has 0 bridgehead atoms. The molecule has 1 aromatic rings. The van der Waals surface area contributed by atoms with E-state index < -0.39 is 0 Å². The zero-order valence-corrected chi connectivity index (χ0v) is 11.3. The normalized spacial score (nSPS) is 13.2. The van der Waals surface area contributed by atoms with E-state index in [-0.39, 0.29) is 6.10 Å². The molecular weight excluding hydrogens is 264 g/mol. The topological polar surface area (TPSA) is 20.2 Å². The molecule has 0 fully saturated rings. The van der Waals surface area contributed by atoms with Crippen molar-refractivity contribution in [2.24, 2.45) is 0 Å². The van der Waals surface area contributed by atoms with E-state index in [2.05, 4.69) is 46.3 Å². The minimum absolute atomic E-state index is 0.187. The number of hydrogen-bond donors (Lipinski definition) is 1. The highest BCUT2D eigenvalue weighted by molar-refractivity contribution is 9.10. The van der Waals surface area contributed by atoms with Crippen LogP contribution in [0.15, 0.2) is 40.9 Å². The van der Waals surface area contributed by atoms with Gasteiger partial charge in [0, 0.05) is 4.47 Å². The first kappa shape index (κ1) is 13.5. The second-order valence-electron chi connectivity index (χ2n) is 4.03. The van der Waals surface area contributed by atoms with Crippen molar-refractivity contribution in [3.05, 3.63) is 46.5 Å². The molecule has 0 saturated heterocycles.